The van der Waals surface area contributed by atoms with Crippen molar-refractivity contribution in [3.63, 3.8) is 0 Å². The van der Waals surface area contributed by atoms with E-state index in [9.17, 15) is 4.79 Å². The number of nitrogens with zero attached hydrogens (tertiary/aromatic N) is 1. The Morgan fingerprint density at radius 2 is 1.94 bits per heavy atom. The van der Waals surface area contributed by atoms with Crippen molar-refractivity contribution in [3.8, 4) is 0 Å². The largest absolute Gasteiger partial charge is 0.395 e. The maximum absolute atomic E-state index is 12.2. The van der Waals surface area contributed by atoms with Crippen LogP contribution >= 0.6 is 0 Å². The molecule has 0 aromatic heterocycles. The SMILES string of the molecule is CC(C)N(CCO)C(=O)c1ccc(CCN)cc1. The Hall–Kier alpha value is -1.39. The summed E-state index contributed by atoms with van der Waals surface area (Å²) in [5, 5.41) is 8.99. The van der Waals surface area contributed by atoms with Gasteiger partial charge in [-0.1, -0.05) is 12.1 Å². The van der Waals surface area contributed by atoms with E-state index in [0.717, 1.165) is 12.0 Å². The summed E-state index contributed by atoms with van der Waals surface area (Å²) in [6.45, 7) is 4.83. The van der Waals surface area contributed by atoms with Crippen LogP contribution in [-0.4, -0.2) is 41.7 Å². The second-order valence-corrected chi connectivity index (χ2v) is 4.55. The number of hydrogen-bond acceptors (Lipinski definition) is 3. The van der Waals surface area contributed by atoms with Gasteiger partial charge in [0.05, 0.1) is 6.61 Å². The predicted octanol–water partition coefficient (Wildman–Crippen LogP) is 1.03. The number of amides is 1. The fraction of sp³-hybridized carbons (Fsp3) is 0.500. The Bertz CT molecular complexity index is 374. The first-order valence-corrected chi connectivity index (χ1v) is 6.31. The van der Waals surface area contributed by atoms with Gasteiger partial charge < -0.3 is 15.7 Å². The van der Waals surface area contributed by atoms with Gasteiger partial charge in [0.15, 0.2) is 0 Å². The number of nitrogens with two attached hydrogens (primary N) is 1. The molecule has 3 N–H and O–H groups in total. The van der Waals surface area contributed by atoms with Crippen LogP contribution in [0.1, 0.15) is 29.8 Å². The molecular weight excluding hydrogens is 228 g/mol. The average Bonchev–Trinajstić information content (AvgIpc) is 2.36. The van der Waals surface area contributed by atoms with E-state index in [1.54, 1.807) is 4.90 Å². The summed E-state index contributed by atoms with van der Waals surface area (Å²) in [4.78, 5) is 13.9. The summed E-state index contributed by atoms with van der Waals surface area (Å²) in [7, 11) is 0. The second kappa shape index (κ2) is 7.13. The van der Waals surface area contributed by atoms with Crippen LogP contribution in [0.4, 0.5) is 0 Å². The molecule has 0 saturated carbocycles. The van der Waals surface area contributed by atoms with Gasteiger partial charge in [-0.05, 0) is 44.5 Å². The molecule has 4 heteroatoms. The number of rotatable bonds is 6. The molecule has 100 valence electrons. The molecule has 0 bridgehead atoms. The molecule has 1 rings (SSSR count). The van der Waals surface area contributed by atoms with E-state index in [1.807, 2.05) is 38.1 Å². The average molecular weight is 250 g/mol. The third-order valence-electron chi connectivity index (χ3n) is 2.86. The summed E-state index contributed by atoms with van der Waals surface area (Å²) in [6, 6.07) is 7.57. The minimum absolute atomic E-state index is 0.0187. The van der Waals surface area contributed by atoms with E-state index >= 15 is 0 Å². The summed E-state index contributed by atoms with van der Waals surface area (Å²) in [5.74, 6) is -0.0432. The van der Waals surface area contributed by atoms with Crippen LogP contribution in [0, 0.1) is 0 Å². The van der Waals surface area contributed by atoms with Gasteiger partial charge in [-0.25, -0.2) is 0 Å². The highest BCUT2D eigenvalue weighted by Crippen LogP contribution is 2.10. The molecule has 1 amide bonds. The van der Waals surface area contributed by atoms with Crippen LogP contribution in [-0.2, 0) is 6.42 Å². The molecular formula is C14H22N2O2. The van der Waals surface area contributed by atoms with Crippen molar-refractivity contribution in [2.45, 2.75) is 26.3 Å². The van der Waals surface area contributed by atoms with E-state index < -0.39 is 0 Å². The van der Waals surface area contributed by atoms with Gasteiger partial charge >= 0.3 is 0 Å². The third-order valence-corrected chi connectivity index (χ3v) is 2.86. The minimum atomic E-state index is -0.0432. The highest BCUT2D eigenvalue weighted by atomic mass is 16.3. The van der Waals surface area contributed by atoms with Crippen LogP contribution in [0.3, 0.4) is 0 Å². The highest BCUT2D eigenvalue weighted by molar-refractivity contribution is 5.94. The first-order valence-electron chi connectivity index (χ1n) is 6.31. The van der Waals surface area contributed by atoms with Crippen molar-refractivity contribution in [3.05, 3.63) is 35.4 Å². The van der Waals surface area contributed by atoms with Crippen molar-refractivity contribution in [1.29, 1.82) is 0 Å². The van der Waals surface area contributed by atoms with Crippen molar-refractivity contribution >= 4 is 5.91 Å². The maximum Gasteiger partial charge on any atom is 0.254 e. The van der Waals surface area contributed by atoms with Crippen molar-refractivity contribution in [2.75, 3.05) is 19.7 Å². The lowest BCUT2D eigenvalue weighted by molar-refractivity contribution is 0.0665. The smallest absolute Gasteiger partial charge is 0.254 e. The number of benzene rings is 1. The zero-order chi connectivity index (χ0) is 13.5. The van der Waals surface area contributed by atoms with E-state index in [2.05, 4.69) is 0 Å². The molecule has 0 radical (unpaired) electrons. The molecule has 0 aliphatic heterocycles. The van der Waals surface area contributed by atoms with E-state index in [4.69, 9.17) is 10.8 Å². The van der Waals surface area contributed by atoms with Gasteiger partial charge in [0.25, 0.3) is 5.91 Å². The highest BCUT2D eigenvalue weighted by Gasteiger charge is 2.17. The molecule has 1 aromatic carbocycles. The first-order chi connectivity index (χ1) is 8.60. The number of aliphatic hydroxyl groups is 1. The fourth-order valence-corrected chi connectivity index (χ4v) is 1.85. The molecule has 4 nitrogen and oxygen atoms in total. The summed E-state index contributed by atoms with van der Waals surface area (Å²) in [6.07, 6.45) is 0.818. The van der Waals surface area contributed by atoms with Gasteiger partial charge in [0.2, 0.25) is 0 Å². The predicted molar refractivity (Wildman–Crippen MR) is 72.5 cm³/mol. The molecule has 0 saturated heterocycles. The monoisotopic (exact) mass is 250 g/mol. The summed E-state index contributed by atoms with van der Waals surface area (Å²) >= 11 is 0. The molecule has 18 heavy (non-hydrogen) atoms. The van der Waals surface area contributed by atoms with Crippen molar-refractivity contribution < 1.29 is 9.90 Å². The normalized spacial score (nSPS) is 10.7. The Labute approximate surface area is 108 Å². The van der Waals surface area contributed by atoms with Crippen LogP contribution in [0.15, 0.2) is 24.3 Å². The van der Waals surface area contributed by atoms with Crippen LogP contribution in [0.25, 0.3) is 0 Å². The Morgan fingerprint density at radius 1 is 1.33 bits per heavy atom. The number of aliphatic hydroxyl groups excluding tert-OH is 1. The van der Waals surface area contributed by atoms with Crippen LogP contribution in [0.2, 0.25) is 0 Å². The third kappa shape index (κ3) is 3.82. The maximum atomic E-state index is 12.2. The summed E-state index contributed by atoms with van der Waals surface area (Å²) in [5.41, 5.74) is 7.27. The van der Waals surface area contributed by atoms with Gasteiger partial charge in [0.1, 0.15) is 0 Å². The number of carbonyl (C=O) groups is 1. The summed E-state index contributed by atoms with van der Waals surface area (Å²) < 4.78 is 0. The molecule has 0 unspecified atom stereocenters. The van der Waals surface area contributed by atoms with Gasteiger partial charge in [-0.3, -0.25) is 4.79 Å². The topological polar surface area (TPSA) is 66.6 Å². The molecule has 0 heterocycles. The quantitative estimate of drug-likeness (QED) is 0.792. The molecule has 0 aliphatic carbocycles. The van der Waals surface area contributed by atoms with Crippen LogP contribution < -0.4 is 5.73 Å². The lowest BCUT2D eigenvalue weighted by atomic mass is 10.1. The zero-order valence-electron chi connectivity index (χ0n) is 11.1. The van der Waals surface area contributed by atoms with Gasteiger partial charge in [-0.15, -0.1) is 0 Å². The molecule has 0 atom stereocenters. The lowest BCUT2D eigenvalue weighted by Crippen LogP contribution is -2.39. The van der Waals surface area contributed by atoms with Gasteiger partial charge in [0, 0.05) is 18.2 Å². The van der Waals surface area contributed by atoms with Crippen molar-refractivity contribution in [2.24, 2.45) is 5.73 Å². The molecule has 0 spiro atoms. The Morgan fingerprint density at radius 3 is 2.39 bits per heavy atom. The standard InChI is InChI=1S/C14H22N2O2/c1-11(2)16(9-10-17)14(18)13-5-3-12(4-6-13)7-8-15/h3-6,11,17H,7-10,15H2,1-2H3. The Kier molecular flexibility index (Phi) is 5.82. The zero-order valence-corrected chi connectivity index (χ0v) is 11.1. The number of carbonyl (C=O) groups excluding carboxylic acids is 1. The Balaban J connectivity index is 2.81. The van der Waals surface area contributed by atoms with E-state index in [0.29, 0.717) is 18.7 Å². The molecule has 1 aromatic rings. The second-order valence-electron chi connectivity index (χ2n) is 4.55. The van der Waals surface area contributed by atoms with Crippen molar-refractivity contribution in [1.82, 2.24) is 4.90 Å². The first kappa shape index (κ1) is 14.7. The molecule has 0 fully saturated rings. The van der Waals surface area contributed by atoms with E-state index in [1.165, 1.54) is 0 Å². The van der Waals surface area contributed by atoms with Gasteiger partial charge in [-0.2, -0.15) is 0 Å². The fourth-order valence-electron chi connectivity index (χ4n) is 1.85. The number of hydrogen-bond donors (Lipinski definition) is 2. The van der Waals surface area contributed by atoms with Crippen LogP contribution in [0.5, 0.6) is 0 Å². The van der Waals surface area contributed by atoms with E-state index in [-0.39, 0.29) is 18.6 Å². The minimum Gasteiger partial charge on any atom is -0.395 e. The lowest BCUT2D eigenvalue weighted by Gasteiger charge is -2.26. The molecule has 0 aliphatic rings.